The number of halogens is 1. The van der Waals surface area contributed by atoms with Gasteiger partial charge in [-0.15, -0.1) is 10.2 Å². The lowest BCUT2D eigenvalue weighted by Crippen LogP contribution is -2.17. The van der Waals surface area contributed by atoms with Crippen molar-refractivity contribution < 1.29 is 13.2 Å². The minimum absolute atomic E-state index is 0.0567. The molecule has 0 spiro atoms. The fourth-order valence-corrected chi connectivity index (χ4v) is 5.31. The van der Waals surface area contributed by atoms with E-state index in [1.54, 1.807) is 37.3 Å². The number of rotatable bonds is 8. The Morgan fingerprint density at radius 1 is 1.23 bits per heavy atom. The highest BCUT2D eigenvalue weighted by molar-refractivity contribution is 7.93. The molecule has 2 heterocycles. The zero-order chi connectivity index (χ0) is 25.2. The van der Waals surface area contributed by atoms with Gasteiger partial charge in [0.1, 0.15) is 10.8 Å². The molecule has 4 rings (SSSR count). The fraction of sp³-hybridized carbons (Fsp3) is 0.182. The van der Waals surface area contributed by atoms with E-state index in [1.165, 1.54) is 41.5 Å². The monoisotopic (exact) mass is 532 g/mol. The molecule has 0 aliphatic carbocycles. The first-order chi connectivity index (χ1) is 16.7. The molecule has 2 aromatic heterocycles. The number of hydrogen-bond acceptors (Lipinski definition) is 8. The number of methoxy groups -OCH3 is 1. The molecule has 182 valence electrons. The molecule has 2 N–H and O–H groups in total. The molecule has 0 saturated carbocycles. The van der Waals surface area contributed by atoms with Gasteiger partial charge in [0.05, 0.1) is 34.0 Å². The third-order valence-electron chi connectivity index (χ3n) is 4.99. The van der Waals surface area contributed by atoms with Gasteiger partial charge in [0.2, 0.25) is 5.13 Å². The highest BCUT2D eigenvalue weighted by Crippen LogP contribution is 2.26. The maximum Gasteiger partial charge on any atom is 0.280 e. The summed E-state index contributed by atoms with van der Waals surface area (Å²) in [7, 11) is -2.30. The number of hydrogen-bond donors (Lipinski definition) is 2. The smallest absolute Gasteiger partial charge is 0.280 e. The van der Waals surface area contributed by atoms with E-state index in [9.17, 15) is 13.2 Å². The largest absolute Gasteiger partial charge is 0.495 e. The van der Waals surface area contributed by atoms with Gasteiger partial charge in [-0.3, -0.25) is 19.6 Å². The van der Waals surface area contributed by atoms with Crippen LogP contribution in [0.4, 0.5) is 10.8 Å². The van der Waals surface area contributed by atoms with Crippen LogP contribution in [0.15, 0.2) is 57.1 Å². The van der Waals surface area contributed by atoms with Gasteiger partial charge in [-0.1, -0.05) is 29.9 Å². The second kappa shape index (κ2) is 10.0. The summed E-state index contributed by atoms with van der Waals surface area (Å²) in [6.07, 6.45) is 2.11. The zero-order valence-electron chi connectivity index (χ0n) is 18.9. The summed E-state index contributed by atoms with van der Waals surface area (Å²) >= 11 is 7.37. The summed E-state index contributed by atoms with van der Waals surface area (Å²) in [5.74, 6) is 0.503. The molecule has 0 aliphatic rings. The zero-order valence-corrected chi connectivity index (χ0v) is 21.3. The number of benzene rings is 2. The second-order valence-electron chi connectivity index (χ2n) is 7.32. The molecule has 2 aromatic carbocycles. The number of aromatic nitrogens is 4. The molecule has 0 amide bonds. The summed E-state index contributed by atoms with van der Waals surface area (Å²) in [4.78, 5) is 17.3. The normalized spacial score (nSPS) is 11.8. The Labute approximate surface area is 210 Å². The molecule has 0 fully saturated rings. The van der Waals surface area contributed by atoms with Crippen LogP contribution in [0.2, 0.25) is 5.02 Å². The molecule has 10 nitrogen and oxygen atoms in total. The van der Waals surface area contributed by atoms with E-state index < -0.39 is 10.0 Å². The van der Waals surface area contributed by atoms with Gasteiger partial charge in [-0.2, -0.15) is 0 Å². The summed E-state index contributed by atoms with van der Waals surface area (Å²) in [5, 5.41) is 12.1. The van der Waals surface area contributed by atoms with Crippen molar-refractivity contribution in [2.75, 3.05) is 11.8 Å². The maximum atomic E-state index is 12.9. The first-order valence-electron chi connectivity index (χ1n) is 10.4. The molecule has 0 bridgehead atoms. The van der Waals surface area contributed by atoms with E-state index in [0.29, 0.717) is 39.8 Å². The van der Waals surface area contributed by atoms with Crippen molar-refractivity contribution in [3.63, 3.8) is 0 Å². The molecule has 13 heteroatoms. The van der Waals surface area contributed by atoms with Gasteiger partial charge in [-0.05, 0) is 55.8 Å². The highest BCUT2D eigenvalue weighted by Gasteiger charge is 2.17. The molecule has 0 atom stereocenters. The number of aromatic amines is 1. The number of H-pyrrole nitrogens is 1. The maximum absolute atomic E-state index is 12.9. The summed E-state index contributed by atoms with van der Waals surface area (Å²) < 4.78 is 34.1. The van der Waals surface area contributed by atoms with Crippen LogP contribution in [0.3, 0.4) is 0 Å². The second-order valence-corrected chi connectivity index (χ2v) is 10.5. The van der Waals surface area contributed by atoms with Crippen molar-refractivity contribution in [3.05, 3.63) is 74.1 Å². The van der Waals surface area contributed by atoms with Crippen LogP contribution < -0.4 is 15.0 Å². The average molecular weight is 533 g/mol. The van der Waals surface area contributed by atoms with Crippen LogP contribution >= 0.6 is 22.9 Å². The van der Waals surface area contributed by atoms with E-state index in [2.05, 4.69) is 25.0 Å². The summed E-state index contributed by atoms with van der Waals surface area (Å²) in [6.45, 7) is 3.67. The van der Waals surface area contributed by atoms with Crippen LogP contribution in [0.1, 0.15) is 23.2 Å². The summed E-state index contributed by atoms with van der Waals surface area (Å²) in [5.41, 5.74) is 1.69. The van der Waals surface area contributed by atoms with Crippen molar-refractivity contribution in [1.82, 2.24) is 20.0 Å². The molecule has 0 saturated heterocycles. The van der Waals surface area contributed by atoms with Gasteiger partial charge in [0, 0.05) is 11.9 Å². The lowest BCUT2D eigenvalue weighted by atomic mass is 10.2. The lowest BCUT2D eigenvalue weighted by Gasteiger charge is -2.06. The molecule has 0 radical (unpaired) electrons. The number of anilines is 1. The summed E-state index contributed by atoms with van der Waals surface area (Å²) in [6, 6.07) is 11.0. The standard InChI is InChI=1S/C22H21ClN6O4S2/c1-4-20-25-26-22(34-20)28-35(31,32)16-8-5-14(6-9-16)24-12-17-13(2)27-29(21(17)30)15-7-10-19(33-3)18(23)11-15/h5-12,27H,4H2,1-3H3,(H,26,28). The number of nitrogens with one attached hydrogen (secondary N) is 2. The Kier molecular flexibility index (Phi) is 7.05. The highest BCUT2D eigenvalue weighted by atomic mass is 35.5. The molecule has 35 heavy (non-hydrogen) atoms. The minimum atomic E-state index is -3.81. The van der Waals surface area contributed by atoms with Crippen LogP contribution in [0, 0.1) is 6.92 Å². The molecule has 0 unspecified atom stereocenters. The predicted octanol–water partition coefficient (Wildman–Crippen LogP) is 4.10. The van der Waals surface area contributed by atoms with Crippen LogP contribution in [-0.4, -0.2) is 41.7 Å². The first-order valence-corrected chi connectivity index (χ1v) is 13.0. The molecular formula is C22H21ClN6O4S2. The van der Waals surface area contributed by atoms with Gasteiger partial charge >= 0.3 is 0 Å². The number of nitrogens with zero attached hydrogens (tertiary/aromatic N) is 4. The Morgan fingerprint density at radius 2 is 1.97 bits per heavy atom. The third kappa shape index (κ3) is 5.29. The van der Waals surface area contributed by atoms with Gasteiger partial charge in [-0.25, -0.2) is 13.1 Å². The fourth-order valence-electron chi connectivity index (χ4n) is 3.15. The van der Waals surface area contributed by atoms with Crippen molar-refractivity contribution >= 4 is 50.0 Å². The van der Waals surface area contributed by atoms with Crippen molar-refractivity contribution in [2.45, 2.75) is 25.2 Å². The molecule has 4 aromatic rings. The van der Waals surface area contributed by atoms with Crippen molar-refractivity contribution in [3.8, 4) is 11.4 Å². The number of aliphatic imine (C=N–C) groups is 1. The Balaban J connectivity index is 1.53. The van der Waals surface area contributed by atoms with Crippen LogP contribution in [0.5, 0.6) is 5.75 Å². The van der Waals surface area contributed by atoms with Gasteiger partial charge < -0.3 is 4.74 Å². The topological polar surface area (TPSA) is 131 Å². The number of aryl methyl sites for hydroxylation is 2. The van der Waals surface area contributed by atoms with E-state index in [4.69, 9.17) is 16.3 Å². The van der Waals surface area contributed by atoms with Crippen molar-refractivity contribution in [2.24, 2.45) is 4.99 Å². The SMILES string of the molecule is CCc1nnc(NS(=O)(=O)c2ccc(N=Cc3c(C)[nH]n(-c4ccc(OC)c(Cl)c4)c3=O)cc2)s1. The van der Waals surface area contributed by atoms with E-state index in [-0.39, 0.29) is 15.6 Å². The average Bonchev–Trinajstić information content (AvgIpc) is 3.40. The van der Waals surface area contributed by atoms with Crippen LogP contribution in [0.25, 0.3) is 5.69 Å². The quantitative estimate of drug-likeness (QED) is 0.328. The first kappa shape index (κ1) is 24.6. The van der Waals surface area contributed by atoms with E-state index in [0.717, 1.165) is 5.01 Å². The van der Waals surface area contributed by atoms with E-state index in [1.807, 2.05) is 6.92 Å². The van der Waals surface area contributed by atoms with Crippen molar-refractivity contribution in [1.29, 1.82) is 0 Å². The number of sulfonamides is 1. The number of ether oxygens (including phenoxy) is 1. The lowest BCUT2D eigenvalue weighted by molar-refractivity contribution is 0.415. The Bertz CT molecular complexity index is 1560. The Hall–Kier alpha value is -3.48. The minimum Gasteiger partial charge on any atom is -0.495 e. The Morgan fingerprint density at radius 3 is 2.60 bits per heavy atom. The van der Waals surface area contributed by atoms with Gasteiger partial charge in [0.15, 0.2) is 0 Å². The van der Waals surface area contributed by atoms with Gasteiger partial charge in [0.25, 0.3) is 15.6 Å². The van der Waals surface area contributed by atoms with E-state index >= 15 is 0 Å². The molecule has 0 aliphatic heterocycles. The van der Waals surface area contributed by atoms with Crippen LogP contribution in [-0.2, 0) is 16.4 Å². The third-order valence-corrected chi connectivity index (χ3v) is 7.75. The predicted molar refractivity (Wildman–Crippen MR) is 136 cm³/mol. The molecular weight excluding hydrogens is 512 g/mol.